The molecule has 0 saturated carbocycles. The molecule has 1 fully saturated rings. The Labute approximate surface area is 146 Å². The Hall–Kier alpha value is -2.86. The van der Waals surface area contributed by atoms with Crippen molar-refractivity contribution in [3.8, 4) is 0 Å². The van der Waals surface area contributed by atoms with Gasteiger partial charge in [-0.3, -0.25) is 28.9 Å². The molecule has 0 unspecified atom stereocenters. The monoisotopic (exact) mass is 373 g/mol. The van der Waals surface area contributed by atoms with Gasteiger partial charge in [-0.25, -0.2) is 4.79 Å². The van der Waals surface area contributed by atoms with Gasteiger partial charge in [-0.1, -0.05) is 0 Å². The average Bonchev–Trinajstić information content (AvgIpc) is 2.86. The number of aliphatic carboxylic acids is 2. The van der Waals surface area contributed by atoms with Crippen LogP contribution in [0.2, 0.25) is 0 Å². The van der Waals surface area contributed by atoms with Gasteiger partial charge in [0, 0.05) is 12.8 Å². The highest BCUT2D eigenvalue weighted by molar-refractivity contribution is 6.17. The summed E-state index contributed by atoms with van der Waals surface area (Å²) in [5, 5.41) is 29.0. The summed E-state index contributed by atoms with van der Waals surface area (Å²) in [6.45, 7) is -1.51. The van der Waals surface area contributed by atoms with Crippen molar-refractivity contribution in [3.05, 3.63) is 0 Å². The van der Waals surface area contributed by atoms with Crippen LogP contribution in [0.25, 0.3) is 0 Å². The molecule has 0 aromatic carbocycles. The molecule has 0 aliphatic carbocycles. The highest BCUT2D eigenvalue weighted by Gasteiger charge is 2.49. The molecule has 0 bridgehead atoms. The number of carbonyl (C=O) groups excluding carboxylic acids is 4. The summed E-state index contributed by atoms with van der Waals surface area (Å²) in [4.78, 5) is 70.3. The predicted octanol–water partition coefficient (Wildman–Crippen LogP) is -3.32. The van der Waals surface area contributed by atoms with Crippen molar-refractivity contribution in [1.82, 2.24) is 10.2 Å². The third-order valence-electron chi connectivity index (χ3n) is 3.81. The Morgan fingerprint density at radius 1 is 1.23 bits per heavy atom. The smallest absolute Gasteiger partial charge is 0.329 e. The highest BCUT2D eigenvalue weighted by atomic mass is 16.4. The number of nitrogens with zero attached hydrogens (tertiary/aromatic N) is 1. The van der Waals surface area contributed by atoms with E-state index in [0.717, 1.165) is 0 Å². The fraction of sp³-hybridized carbons (Fsp3) is 0.571. The first-order valence-corrected chi connectivity index (χ1v) is 7.58. The molecule has 26 heavy (non-hydrogen) atoms. The maximum absolute atomic E-state index is 12.5. The summed E-state index contributed by atoms with van der Waals surface area (Å²) in [7, 11) is 0. The zero-order valence-corrected chi connectivity index (χ0v) is 13.6. The number of amides is 3. The molecule has 3 atom stereocenters. The summed E-state index contributed by atoms with van der Waals surface area (Å²) >= 11 is 0. The van der Waals surface area contributed by atoms with Crippen molar-refractivity contribution in [2.45, 2.75) is 31.3 Å². The number of hydrogen-bond acceptors (Lipinski definition) is 8. The predicted molar refractivity (Wildman–Crippen MR) is 81.3 cm³/mol. The molecule has 144 valence electrons. The van der Waals surface area contributed by atoms with E-state index in [9.17, 15) is 28.8 Å². The van der Waals surface area contributed by atoms with Crippen molar-refractivity contribution < 1.29 is 44.1 Å². The Bertz CT molecular complexity index is 633. The van der Waals surface area contributed by atoms with E-state index in [1.54, 1.807) is 0 Å². The van der Waals surface area contributed by atoms with Crippen LogP contribution >= 0.6 is 0 Å². The quantitative estimate of drug-likeness (QED) is 0.190. The van der Waals surface area contributed by atoms with E-state index in [-0.39, 0.29) is 6.42 Å². The second kappa shape index (κ2) is 9.01. The van der Waals surface area contributed by atoms with E-state index in [0.29, 0.717) is 4.90 Å². The van der Waals surface area contributed by atoms with Gasteiger partial charge in [0.15, 0.2) is 11.8 Å². The third-order valence-corrected chi connectivity index (χ3v) is 3.81. The van der Waals surface area contributed by atoms with Gasteiger partial charge in [0.1, 0.15) is 5.92 Å². The van der Waals surface area contributed by atoms with E-state index in [2.05, 4.69) is 5.32 Å². The summed E-state index contributed by atoms with van der Waals surface area (Å²) in [6, 6.07) is -3.20. The Kier molecular flexibility index (Phi) is 7.34. The topological polar surface area (TPSA) is 204 Å². The fourth-order valence-corrected chi connectivity index (χ4v) is 2.52. The molecule has 12 nitrogen and oxygen atoms in total. The lowest BCUT2D eigenvalue weighted by Crippen LogP contribution is -2.50. The minimum Gasteiger partial charge on any atom is -0.481 e. The number of carboxylic acid groups (broad SMARTS) is 2. The van der Waals surface area contributed by atoms with Gasteiger partial charge in [0.2, 0.25) is 17.7 Å². The molecule has 0 spiro atoms. The van der Waals surface area contributed by atoms with Crippen LogP contribution in [0, 0.1) is 5.92 Å². The number of Topliss-reactive ketones (excluding diaryl/α,β-unsaturated/α-hetero) is 1. The lowest BCUT2D eigenvalue weighted by atomic mass is 9.93. The van der Waals surface area contributed by atoms with Crippen LogP contribution in [-0.2, 0) is 28.8 Å². The molecular weight excluding hydrogens is 354 g/mol. The van der Waals surface area contributed by atoms with E-state index in [4.69, 9.17) is 21.1 Å². The Balaban J connectivity index is 3.02. The minimum atomic E-state index is -1.83. The first-order valence-electron chi connectivity index (χ1n) is 7.58. The SMILES string of the molecule is NCC(=O)N[C@@H](CCC(=O)O)C(=O)[C@H]1CC(=O)N([C@@H](CO)C(=O)O)C1=O. The number of nitrogens with one attached hydrogen (secondary N) is 1. The molecule has 0 aromatic rings. The fourth-order valence-electron chi connectivity index (χ4n) is 2.52. The van der Waals surface area contributed by atoms with Crippen LogP contribution in [0.15, 0.2) is 0 Å². The van der Waals surface area contributed by atoms with E-state index in [1.165, 1.54) is 0 Å². The summed E-state index contributed by atoms with van der Waals surface area (Å²) < 4.78 is 0. The van der Waals surface area contributed by atoms with Gasteiger partial charge in [-0.05, 0) is 6.42 Å². The molecule has 1 heterocycles. The lowest BCUT2D eigenvalue weighted by Gasteiger charge is -2.22. The van der Waals surface area contributed by atoms with E-state index >= 15 is 0 Å². The first-order chi connectivity index (χ1) is 12.1. The molecule has 1 aliphatic rings. The Morgan fingerprint density at radius 3 is 2.31 bits per heavy atom. The standard InChI is InChI=1S/C14H19N3O9/c15-4-9(19)16-7(1-2-11(21)22)12(23)6-3-10(20)17(13(6)24)8(5-18)14(25)26/h6-8,18H,1-5,15H2,(H,16,19)(H,21,22)(H,25,26)/t6-,7+,8+/m1/s1. The van der Waals surface area contributed by atoms with Crippen molar-refractivity contribution in [2.24, 2.45) is 11.7 Å². The van der Waals surface area contributed by atoms with Gasteiger partial charge in [-0.15, -0.1) is 0 Å². The van der Waals surface area contributed by atoms with Crippen LogP contribution in [0.1, 0.15) is 19.3 Å². The molecule has 0 radical (unpaired) electrons. The molecule has 1 aliphatic heterocycles. The normalized spacial score (nSPS) is 19.2. The average molecular weight is 373 g/mol. The zero-order valence-electron chi connectivity index (χ0n) is 13.6. The van der Waals surface area contributed by atoms with Crippen LogP contribution in [0.4, 0.5) is 0 Å². The van der Waals surface area contributed by atoms with E-state index < -0.39 is 79.4 Å². The molecule has 0 aromatic heterocycles. The largest absolute Gasteiger partial charge is 0.481 e. The minimum absolute atomic E-state index is 0.296. The number of likely N-dealkylation sites (tertiary alicyclic amines) is 1. The van der Waals surface area contributed by atoms with Crippen LogP contribution in [-0.4, -0.2) is 80.9 Å². The van der Waals surface area contributed by atoms with Gasteiger partial charge in [0.05, 0.1) is 19.2 Å². The number of rotatable bonds is 10. The Morgan fingerprint density at radius 2 is 1.85 bits per heavy atom. The van der Waals surface area contributed by atoms with Gasteiger partial charge >= 0.3 is 11.9 Å². The third kappa shape index (κ3) is 4.83. The van der Waals surface area contributed by atoms with Crippen molar-refractivity contribution >= 4 is 35.4 Å². The van der Waals surface area contributed by atoms with Gasteiger partial charge < -0.3 is 26.4 Å². The van der Waals surface area contributed by atoms with Crippen LogP contribution in [0.5, 0.6) is 0 Å². The number of aliphatic hydroxyl groups excluding tert-OH is 1. The number of imide groups is 1. The lowest BCUT2D eigenvalue weighted by molar-refractivity contribution is -0.156. The second-order valence-electron chi connectivity index (χ2n) is 5.55. The van der Waals surface area contributed by atoms with Crippen LogP contribution in [0.3, 0.4) is 0 Å². The van der Waals surface area contributed by atoms with Gasteiger partial charge in [0.25, 0.3) is 0 Å². The zero-order chi connectivity index (χ0) is 20.0. The number of ketones is 1. The summed E-state index contributed by atoms with van der Waals surface area (Å²) in [5.74, 6) is -8.21. The maximum Gasteiger partial charge on any atom is 0.329 e. The first kappa shape index (κ1) is 21.2. The summed E-state index contributed by atoms with van der Waals surface area (Å²) in [5.41, 5.74) is 5.13. The van der Waals surface area contributed by atoms with Crippen LogP contribution < -0.4 is 11.1 Å². The van der Waals surface area contributed by atoms with Gasteiger partial charge in [-0.2, -0.15) is 0 Å². The number of hydrogen-bond donors (Lipinski definition) is 5. The number of aliphatic hydroxyl groups is 1. The molecule has 1 saturated heterocycles. The van der Waals surface area contributed by atoms with Crippen molar-refractivity contribution in [2.75, 3.05) is 13.2 Å². The van der Waals surface area contributed by atoms with E-state index in [1.807, 2.05) is 0 Å². The second-order valence-corrected chi connectivity index (χ2v) is 5.55. The molecule has 12 heteroatoms. The maximum atomic E-state index is 12.5. The highest BCUT2D eigenvalue weighted by Crippen LogP contribution is 2.25. The molecule has 6 N–H and O–H groups in total. The molecule has 3 amide bonds. The molecule has 1 rings (SSSR count). The van der Waals surface area contributed by atoms with Crippen molar-refractivity contribution in [1.29, 1.82) is 0 Å². The van der Waals surface area contributed by atoms with Crippen molar-refractivity contribution in [3.63, 3.8) is 0 Å². The number of carbonyl (C=O) groups is 6. The number of nitrogens with two attached hydrogens (primary N) is 1. The summed E-state index contributed by atoms with van der Waals surface area (Å²) in [6.07, 6.45) is -1.46. The number of carboxylic acids is 2. The molecular formula is C14H19N3O9.